The van der Waals surface area contributed by atoms with E-state index in [1.54, 1.807) is 6.92 Å². The van der Waals surface area contributed by atoms with Crippen molar-refractivity contribution in [3.8, 4) is 11.3 Å². The first-order chi connectivity index (χ1) is 12.4. The van der Waals surface area contributed by atoms with Crippen molar-refractivity contribution in [2.75, 3.05) is 5.32 Å². The molecule has 2 aromatic heterocycles. The SMILES string of the molecule is Cc1cc(NC(=O)[C@@H](C)OC(=O)c2cc(-c3ccc(F)cc3)n[nH]2)no1. The van der Waals surface area contributed by atoms with Gasteiger partial charge >= 0.3 is 5.97 Å². The van der Waals surface area contributed by atoms with E-state index in [1.807, 2.05) is 0 Å². The summed E-state index contributed by atoms with van der Waals surface area (Å²) in [7, 11) is 0. The van der Waals surface area contributed by atoms with Crippen LogP contribution in [0.2, 0.25) is 0 Å². The molecule has 134 valence electrons. The van der Waals surface area contributed by atoms with Crippen molar-refractivity contribution in [1.29, 1.82) is 0 Å². The Hall–Kier alpha value is -3.49. The van der Waals surface area contributed by atoms with Gasteiger partial charge in [0.05, 0.1) is 5.69 Å². The van der Waals surface area contributed by atoms with Crippen LogP contribution in [-0.4, -0.2) is 33.3 Å². The first-order valence-electron chi connectivity index (χ1n) is 7.69. The molecule has 26 heavy (non-hydrogen) atoms. The van der Waals surface area contributed by atoms with Gasteiger partial charge in [0.15, 0.2) is 11.9 Å². The van der Waals surface area contributed by atoms with Gasteiger partial charge in [-0.15, -0.1) is 0 Å². The molecule has 3 rings (SSSR count). The molecular formula is C17H15FN4O4. The van der Waals surface area contributed by atoms with Gasteiger partial charge in [-0.2, -0.15) is 5.10 Å². The molecule has 0 unspecified atom stereocenters. The normalized spacial score (nSPS) is 11.8. The highest BCUT2D eigenvalue weighted by atomic mass is 19.1. The summed E-state index contributed by atoms with van der Waals surface area (Å²) in [6.45, 7) is 3.11. The van der Waals surface area contributed by atoms with Crippen molar-refractivity contribution in [3.05, 3.63) is 53.7 Å². The maximum atomic E-state index is 13.0. The van der Waals surface area contributed by atoms with Gasteiger partial charge < -0.3 is 14.6 Å². The van der Waals surface area contributed by atoms with Crippen LogP contribution in [0.25, 0.3) is 11.3 Å². The average molecular weight is 358 g/mol. The van der Waals surface area contributed by atoms with Gasteiger partial charge in [-0.3, -0.25) is 9.89 Å². The highest BCUT2D eigenvalue weighted by Gasteiger charge is 2.21. The molecule has 0 aliphatic carbocycles. The minimum atomic E-state index is -1.06. The standard InChI is InChI=1S/C17H15FN4O4/c1-9-7-15(22-26-9)19-16(23)10(2)25-17(24)14-8-13(20-21-14)11-3-5-12(18)6-4-11/h3-8,10H,1-2H3,(H,20,21)(H,19,22,23)/t10-/m1/s1. The number of hydrogen-bond acceptors (Lipinski definition) is 6. The van der Waals surface area contributed by atoms with Crippen LogP contribution in [0.5, 0.6) is 0 Å². The lowest BCUT2D eigenvalue weighted by Crippen LogP contribution is -2.30. The fourth-order valence-corrected chi connectivity index (χ4v) is 2.13. The van der Waals surface area contributed by atoms with E-state index in [-0.39, 0.29) is 17.3 Å². The molecule has 0 saturated carbocycles. The predicted molar refractivity (Wildman–Crippen MR) is 88.7 cm³/mol. The summed E-state index contributed by atoms with van der Waals surface area (Å²) < 4.78 is 22.9. The van der Waals surface area contributed by atoms with Crippen molar-refractivity contribution in [3.63, 3.8) is 0 Å². The minimum absolute atomic E-state index is 0.0706. The number of aromatic nitrogens is 3. The molecule has 0 saturated heterocycles. The Morgan fingerprint density at radius 1 is 1.27 bits per heavy atom. The number of esters is 1. The molecule has 8 nitrogen and oxygen atoms in total. The van der Waals surface area contributed by atoms with E-state index in [4.69, 9.17) is 9.26 Å². The van der Waals surface area contributed by atoms with Gasteiger partial charge in [0.25, 0.3) is 5.91 Å². The molecule has 0 bridgehead atoms. The number of aromatic amines is 1. The van der Waals surface area contributed by atoms with Crippen LogP contribution in [0, 0.1) is 12.7 Å². The van der Waals surface area contributed by atoms with E-state index < -0.39 is 18.0 Å². The lowest BCUT2D eigenvalue weighted by molar-refractivity contribution is -0.123. The number of rotatable bonds is 5. The molecule has 0 fully saturated rings. The number of ether oxygens (including phenoxy) is 1. The number of nitrogens with one attached hydrogen (secondary N) is 2. The van der Waals surface area contributed by atoms with Crippen molar-refractivity contribution < 1.29 is 23.2 Å². The fraction of sp³-hybridized carbons (Fsp3) is 0.176. The summed E-state index contributed by atoms with van der Waals surface area (Å²) in [5.41, 5.74) is 1.15. The number of hydrogen-bond donors (Lipinski definition) is 2. The number of benzene rings is 1. The highest BCUT2D eigenvalue weighted by molar-refractivity contribution is 5.96. The average Bonchev–Trinajstić information content (AvgIpc) is 3.25. The van der Waals surface area contributed by atoms with Gasteiger partial charge in [-0.1, -0.05) is 5.16 Å². The van der Waals surface area contributed by atoms with Crippen LogP contribution in [-0.2, 0) is 9.53 Å². The topological polar surface area (TPSA) is 110 Å². The van der Waals surface area contributed by atoms with Gasteiger partial charge in [-0.05, 0) is 44.2 Å². The summed E-state index contributed by atoms with van der Waals surface area (Å²) in [4.78, 5) is 24.2. The number of nitrogens with zero attached hydrogens (tertiary/aromatic N) is 2. The number of aryl methyl sites for hydroxylation is 1. The second-order valence-electron chi connectivity index (χ2n) is 5.53. The molecule has 1 amide bonds. The summed E-state index contributed by atoms with van der Waals surface area (Å²) in [5, 5.41) is 12.6. The van der Waals surface area contributed by atoms with E-state index in [0.717, 1.165) is 0 Å². The maximum Gasteiger partial charge on any atom is 0.357 e. The number of carbonyl (C=O) groups excluding carboxylic acids is 2. The van der Waals surface area contributed by atoms with E-state index in [1.165, 1.54) is 43.3 Å². The molecule has 2 heterocycles. The zero-order valence-corrected chi connectivity index (χ0v) is 13.9. The molecule has 0 radical (unpaired) electrons. The highest BCUT2D eigenvalue weighted by Crippen LogP contribution is 2.18. The van der Waals surface area contributed by atoms with E-state index >= 15 is 0 Å². The number of halogens is 1. The monoisotopic (exact) mass is 358 g/mol. The summed E-state index contributed by atoms with van der Waals surface area (Å²) in [6.07, 6.45) is -1.06. The second-order valence-corrected chi connectivity index (χ2v) is 5.53. The molecule has 0 aliphatic heterocycles. The molecule has 0 aliphatic rings. The van der Waals surface area contributed by atoms with Gasteiger partial charge in [-0.25, -0.2) is 9.18 Å². The zero-order chi connectivity index (χ0) is 18.7. The molecule has 2 N–H and O–H groups in total. The lowest BCUT2D eigenvalue weighted by atomic mass is 10.1. The van der Waals surface area contributed by atoms with Gasteiger partial charge in [0, 0.05) is 11.6 Å². The number of anilines is 1. The Labute approximate surface area is 147 Å². The Morgan fingerprint density at radius 3 is 2.65 bits per heavy atom. The zero-order valence-electron chi connectivity index (χ0n) is 13.9. The van der Waals surface area contributed by atoms with E-state index in [2.05, 4.69) is 20.7 Å². The molecular weight excluding hydrogens is 343 g/mol. The molecule has 1 aromatic carbocycles. The number of H-pyrrole nitrogens is 1. The van der Waals surface area contributed by atoms with Crippen molar-refractivity contribution >= 4 is 17.7 Å². The van der Waals surface area contributed by atoms with Crippen LogP contribution in [0.15, 0.2) is 40.9 Å². The van der Waals surface area contributed by atoms with E-state index in [0.29, 0.717) is 17.0 Å². The Kier molecular flexibility index (Phi) is 4.78. The second kappa shape index (κ2) is 7.18. The third-order valence-corrected chi connectivity index (χ3v) is 3.47. The molecule has 1 atom stereocenters. The summed E-state index contributed by atoms with van der Waals surface area (Å²) >= 11 is 0. The number of carbonyl (C=O) groups is 2. The molecule has 9 heteroatoms. The summed E-state index contributed by atoms with van der Waals surface area (Å²) in [6, 6.07) is 8.66. The Morgan fingerprint density at radius 2 is 2.00 bits per heavy atom. The summed E-state index contributed by atoms with van der Waals surface area (Å²) in [5.74, 6) is -0.896. The first-order valence-corrected chi connectivity index (χ1v) is 7.69. The van der Waals surface area contributed by atoms with Crippen molar-refractivity contribution in [1.82, 2.24) is 15.4 Å². The van der Waals surface area contributed by atoms with Crippen LogP contribution in [0.1, 0.15) is 23.2 Å². The maximum absolute atomic E-state index is 13.0. The third-order valence-electron chi connectivity index (χ3n) is 3.47. The predicted octanol–water partition coefficient (Wildman–Crippen LogP) is 2.70. The smallest absolute Gasteiger partial charge is 0.357 e. The molecule has 0 spiro atoms. The lowest BCUT2D eigenvalue weighted by Gasteiger charge is -2.11. The van der Waals surface area contributed by atoms with Crippen molar-refractivity contribution in [2.45, 2.75) is 20.0 Å². The van der Waals surface area contributed by atoms with Crippen LogP contribution < -0.4 is 5.32 Å². The Balaban J connectivity index is 1.62. The van der Waals surface area contributed by atoms with Crippen LogP contribution in [0.4, 0.5) is 10.2 Å². The van der Waals surface area contributed by atoms with Crippen LogP contribution >= 0.6 is 0 Å². The quantitative estimate of drug-likeness (QED) is 0.679. The molecule has 3 aromatic rings. The van der Waals surface area contributed by atoms with Crippen LogP contribution in [0.3, 0.4) is 0 Å². The van der Waals surface area contributed by atoms with E-state index in [9.17, 15) is 14.0 Å². The van der Waals surface area contributed by atoms with Gasteiger partial charge in [0.2, 0.25) is 0 Å². The van der Waals surface area contributed by atoms with Crippen molar-refractivity contribution in [2.24, 2.45) is 0 Å². The number of amides is 1. The fourth-order valence-electron chi connectivity index (χ4n) is 2.13. The van der Waals surface area contributed by atoms with Gasteiger partial charge in [0.1, 0.15) is 17.3 Å². The largest absolute Gasteiger partial charge is 0.448 e. The Bertz CT molecular complexity index is 932. The minimum Gasteiger partial charge on any atom is -0.448 e. The first kappa shape index (κ1) is 17.3. The third kappa shape index (κ3) is 3.94.